The number of carbonyl (C=O) groups is 1. The molecule has 0 unspecified atom stereocenters. The summed E-state index contributed by atoms with van der Waals surface area (Å²) in [6.45, 7) is 1.99. The van der Waals surface area contributed by atoms with E-state index in [4.69, 9.17) is 4.42 Å². The molecule has 3 aromatic heterocycles. The molecule has 2 N–H and O–H groups in total. The zero-order valence-electron chi connectivity index (χ0n) is 17.0. The first kappa shape index (κ1) is 19.3. The molecular formula is C23H17N7O2. The van der Waals surface area contributed by atoms with Crippen LogP contribution in [0.4, 0.5) is 5.95 Å². The van der Waals surface area contributed by atoms with E-state index in [9.17, 15) is 4.79 Å². The van der Waals surface area contributed by atoms with Gasteiger partial charge >= 0.3 is 0 Å². The van der Waals surface area contributed by atoms with Crippen LogP contribution in [0.2, 0.25) is 0 Å². The first-order valence-corrected chi connectivity index (χ1v) is 9.82. The zero-order valence-corrected chi connectivity index (χ0v) is 17.0. The predicted octanol–water partition coefficient (Wildman–Crippen LogP) is 4.14. The molecule has 0 saturated carbocycles. The van der Waals surface area contributed by atoms with Crippen LogP contribution in [0.25, 0.3) is 34.4 Å². The second-order valence-corrected chi connectivity index (χ2v) is 6.98. The van der Waals surface area contributed by atoms with Crippen molar-refractivity contribution in [1.82, 2.24) is 30.4 Å². The van der Waals surface area contributed by atoms with E-state index in [0.29, 0.717) is 34.4 Å². The Bertz CT molecular complexity index is 1380. The third-order valence-electron chi connectivity index (χ3n) is 4.81. The summed E-state index contributed by atoms with van der Waals surface area (Å²) in [7, 11) is 0. The third-order valence-corrected chi connectivity index (χ3v) is 4.81. The predicted molar refractivity (Wildman–Crippen MR) is 117 cm³/mol. The van der Waals surface area contributed by atoms with Crippen LogP contribution in [-0.4, -0.2) is 36.3 Å². The lowest BCUT2D eigenvalue weighted by molar-refractivity contribution is 0.102. The van der Waals surface area contributed by atoms with Gasteiger partial charge in [-0.3, -0.25) is 20.2 Å². The Morgan fingerprint density at radius 2 is 1.72 bits per heavy atom. The maximum atomic E-state index is 12.6. The van der Waals surface area contributed by atoms with Crippen LogP contribution in [0, 0.1) is 6.92 Å². The van der Waals surface area contributed by atoms with Crippen LogP contribution in [0.5, 0.6) is 0 Å². The van der Waals surface area contributed by atoms with Gasteiger partial charge < -0.3 is 4.42 Å². The van der Waals surface area contributed by atoms with E-state index in [1.807, 2.05) is 43.3 Å². The number of pyridine rings is 1. The first-order chi connectivity index (χ1) is 15.7. The van der Waals surface area contributed by atoms with Crippen molar-refractivity contribution < 1.29 is 9.21 Å². The maximum Gasteiger partial charge on any atom is 0.258 e. The van der Waals surface area contributed by atoms with Crippen molar-refractivity contribution in [3.8, 4) is 34.4 Å². The highest BCUT2D eigenvalue weighted by molar-refractivity contribution is 6.03. The summed E-state index contributed by atoms with van der Waals surface area (Å²) in [5, 5.41) is 17.7. The summed E-state index contributed by atoms with van der Waals surface area (Å²) in [4.78, 5) is 21.0. The molecule has 2 aromatic carbocycles. The molecule has 0 fully saturated rings. The lowest BCUT2D eigenvalue weighted by atomic mass is 10.1. The molecule has 5 aromatic rings. The summed E-state index contributed by atoms with van der Waals surface area (Å²) in [5.74, 6) is 1.13. The molecule has 9 nitrogen and oxygen atoms in total. The largest absolute Gasteiger partial charge is 0.416 e. The van der Waals surface area contributed by atoms with Gasteiger partial charge in [0.1, 0.15) is 5.69 Å². The average Bonchev–Trinajstić information content (AvgIpc) is 3.50. The summed E-state index contributed by atoms with van der Waals surface area (Å²) in [6.07, 6.45) is 1.66. The molecule has 0 spiro atoms. The van der Waals surface area contributed by atoms with E-state index in [1.54, 1.807) is 36.5 Å². The van der Waals surface area contributed by atoms with E-state index in [0.717, 1.165) is 11.1 Å². The maximum absolute atomic E-state index is 12.6. The summed E-state index contributed by atoms with van der Waals surface area (Å²) in [6, 6.07) is 20.1. The number of hydrogen-bond donors (Lipinski definition) is 2. The van der Waals surface area contributed by atoms with Gasteiger partial charge in [-0.05, 0) is 55.0 Å². The van der Waals surface area contributed by atoms with E-state index < -0.39 is 0 Å². The third kappa shape index (κ3) is 3.86. The zero-order chi connectivity index (χ0) is 21.9. The van der Waals surface area contributed by atoms with Crippen molar-refractivity contribution in [2.75, 3.05) is 5.32 Å². The molecule has 1 amide bonds. The standard InChI is InChI=1S/C23H17N7O2/c1-14-6-2-3-7-17(14)22-29-28-21(32-22)16-11-9-15(10-12-16)20(31)26-23-25-19(27-30-23)18-8-4-5-13-24-18/h2-13H,1H3,(H2,25,26,27,30,31). The fourth-order valence-electron chi connectivity index (χ4n) is 3.13. The number of aryl methyl sites for hydroxylation is 1. The Hall–Kier alpha value is -4.66. The van der Waals surface area contributed by atoms with Gasteiger partial charge in [-0.1, -0.05) is 24.3 Å². The monoisotopic (exact) mass is 423 g/mol. The van der Waals surface area contributed by atoms with Crippen molar-refractivity contribution >= 4 is 11.9 Å². The van der Waals surface area contributed by atoms with Crippen LogP contribution >= 0.6 is 0 Å². The van der Waals surface area contributed by atoms with Crippen molar-refractivity contribution in [2.24, 2.45) is 0 Å². The minimum Gasteiger partial charge on any atom is -0.416 e. The Morgan fingerprint density at radius 1 is 0.938 bits per heavy atom. The highest BCUT2D eigenvalue weighted by Gasteiger charge is 2.14. The molecule has 5 rings (SSSR count). The highest BCUT2D eigenvalue weighted by Crippen LogP contribution is 2.26. The normalized spacial score (nSPS) is 10.8. The molecule has 3 heterocycles. The van der Waals surface area contributed by atoms with E-state index in [-0.39, 0.29) is 11.9 Å². The Morgan fingerprint density at radius 3 is 2.50 bits per heavy atom. The number of aromatic nitrogens is 6. The van der Waals surface area contributed by atoms with Crippen LogP contribution < -0.4 is 5.32 Å². The SMILES string of the molecule is Cc1ccccc1-c1nnc(-c2ccc(C(=O)Nc3n[nH]c(-c4ccccn4)n3)cc2)o1. The van der Waals surface area contributed by atoms with Gasteiger partial charge in [0.25, 0.3) is 5.91 Å². The minimum atomic E-state index is -0.339. The van der Waals surface area contributed by atoms with Gasteiger partial charge in [0.2, 0.25) is 17.7 Å². The molecule has 0 atom stereocenters. The summed E-state index contributed by atoms with van der Waals surface area (Å²) >= 11 is 0. The van der Waals surface area contributed by atoms with Crippen LogP contribution in [0.3, 0.4) is 0 Å². The average molecular weight is 423 g/mol. The van der Waals surface area contributed by atoms with Crippen molar-refractivity contribution in [3.05, 3.63) is 84.1 Å². The number of benzene rings is 2. The fraction of sp³-hybridized carbons (Fsp3) is 0.0435. The number of amides is 1. The van der Waals surface area contributed by atoms with Gasteiger partial charge in [0.05, 0.1) is 0 Å². The molecule has 9 heteroatoms. The number of nitrogens with one attached hydrogen (secondary N) is 2. The number of H-pyrrole nitrogens is 1. The van der Waals surface area contributed by atoms with Crippen LogP contribution in [-0.2, 0) is 0 Å². The second kappa shape index (κ2) is 8.23. The fourth-order valence-corrected chi connectivity index (χ4v) is 3.13. The van der Waals surface area contributed by atoms with Crippen LogP contribution in [0.1, 0.15) is 15.9 Å². The molecule has 0 aliphatic rings. The van der Waals surface area contributed by atoms with Crippen molar-refractivity contribution in [1.29, 1.82) is 0 Å². The Balaban J connectivity index is 1.29. The summed E-state index contributed by atoms with van der Waals surface area (Å²) in [5.41, 5.74) is 3.72. The number of hydrogen-bond acceptors (Lipinski definition) is 7. The Kier molecular flexibility index (Phi) is 4.97. The Labute approximate surface area is 182 Å². The number of anilines is 1. The number of aromatic amines is 1. The van der Waals surface area contributed by atoms with E-state index in [2.05, 4.69) is 35.7 Å². The van der Waals surface area contributed by atoms with Crippen molar-refractivity contribution in [3.63, 3.8) is 0 Å². The number of carbonyl (C=O) groups excluding carboxylic acids is 1. The number of nitrogens with zero attached hydrogens (tertiary/aromatic N) is 5. The van der Waals surface area contributed by atoms with Gasteiger partial charge in [-0.25, -0.2) is 0 Å². The molecule has 0 aliphatic heterocycles. The molecule has 32 heavy (non-hydrogen) atoms. The topological polar surface area (TPSA) is 122 Å². The molecule has 0 radical (unpaired) electrons. The highest BCUT2D eigenvalue weighted by atomic mass is 16.4. The second-order valence-electron chi connectivity index (χ2n) is 6.98. The molecular weight excluding hydrogens is 406 g/mol. The molecule has 0 aliphatic carbocycles. The van der Waals surface area contributed by atoms with E-state index in [1.165, 1.54) is 0 Å². The van der Waals surface area contributed by atoms with Gasteiger partial charge in [0.15, 0.2) is 5.82 Å². The minimum absolute atomic E-state index is 0.166. The lowest BCUT2D eigenvalue weighted by Crippen LogP contribution is -2.12. The number of rotatable bonds is 5. The smallest absolute Gasteiger partial charge is 0.258 e. The van der Waals surface area contributed by atoms with Gasteiger partial charge in [-0.2, -0.15) is 4.98 Å². The molecule has 156 valence electrons. The molecule has 0 bridgehead atoms. The van der Waals surface area contributed by atoms with Crippen molar-refractivity contribution in [2.45, 2.75) is 6.92 Å². The lowest BCUT2D eigenvalue weighted by Gasteiger charge is -2.02. The van der Waals surface area contributed by atoms with Gasteiger partial charge in [0, 0.05) is 22.9 Å². The quantitative estimate of drug-likeness (QED) is 0.435. The first-order valence-electron chi connectivity index (χ1n) is 9.82. The van der Waals surface area contributed by atoms with Crippen LogP contribution in [0.15, 0.2) is 77.3 Å². The summed E-state index contributed by atoms with van der Waals surface area (Å²) < 4.78 is 5.82. The molecule has 0 saturated heterocycles. The van der Waals surface area contributed by atoms with E-state index >= 15 is 0 Å². The van der Waals surface area contributed by atoms with Gasteiger partial charge in [-0.15, -0.1) is 15.3 Å².